The summed E-state index contributed by atoms with van der Waals surface area (Å²) in [5.41, 5.74) is 6.75. The molecule has 0 radical (unpaired) electrons. The van der Waals surface area contributed by atoms with E-state index in [2.05, 4.69) is 16.2 Å². The van der Waals surface area contributed by atoms with Crippen LogP contribution in [0.15, 0.2) is 72.8 Å². The second-order valence-corrected chi connectivity index (χ2v) is 8.25. The summed E-state index contributed by atoms with van der Waals surface area (Å²) in [7, 11) is 0. The lowest BCUT2D eigenvalue weighted by atomic mass is 9.88. The van der Waals surface area contributed by atoms with Crippen LogP contribution in [0.5, 0.6) is 0 Å². The third-order valence-electron chi connectivity index (χ3n) is 5.93. The van der Waals surface area contributed by atoms with Crippen molar-refractivity contribution in [2.75, 3.05) is 5.32 Å². The van der Waals surface area contributed by atoms with Crippen LogP contribution in [0.4, 0.5) is 5.69 Å². The van der Waals surface area contributed by atoms with Crippen LogP contribution in [-0.2, 0) is 9.59 Å². The van der Waals surface area contributed by atoms with Crippen LogP contribution in [0, 0.1) is 5.92 Å². The zero-order valence-corrected chi connectivity index (χ0v) is 18.3. The summed E-state index contributed by atoms with van der Waals surface area (Å²) in [5, 5.41) is 5.06. The number of nitrogens with one attached hydrogen (secondary N) is 3. The Morgan fingerprint density at radius 2 is 1.52 bits per heavy atom. The number of anilines is 1. The van der Waals surface area contributed by atoms with Gasteiger partial charge in [0.15, 0.2) is 0 Å². The highest BCUT2D eigenvalue weighted by molar-refractivity contribution is 6.00. The van der Waals surface area contributed by atoms with Crippen LogP contribution in [0.2, 0.25) is 0 Å². The Balaban J connectivity index is 1.28. The Kier molecular flexibility index (Phi) is 7.15. The van der Waals surface area contributed by atoms with E-state index < -0.39 is 11.8 Å². The third-order valence-corrected chi connectivity index (χ3v) is 5.93. The Labute approximate surface area is 193 Å². The fraction of sp³-hybridized carbons (Fsp3) is 0.222. The molecule has 3 N–H and O–H groups in total. The van der Waals surface area contributed by atoms with Crippen LogP contribution in [0.25, 0.3) is 16.8 Å². The van der Waals surface area contributed by atoms with Crippen LogP contribution < -0.4 is 16.2 Å². The van der Waals surface area contributed by atoms with Gasteiger partial charge in [-0.05, 0) is 59.5 Å². The number of carbonyl (C=O) groups is 3. The third kappa shape index (κ3) is 5.86. The van der Waals surface area contributed by atoms with Crippen molar-refractivity contribution in [2.45, 2.75) is 32.1 Å². The van der Waals surface area contributed by atoms with Crippen molar-refractivity contribution in [3.8, 4) is 0 Å². The Hall–Kier alpha value is -3.93. The van der Waals surface area contributed by atoms with E-state index in [1.165, 1.54) is 12.5 Å². The molecule has 0 spiro atoms. The maximum Gasteiger partial charge on any atom is 0.269 e. The first kappa shape index (κ1) is 22.3. The van der Waals surface area contributed by atoms with E-state index in [1.54, 1.807) is 30.3 Å². The number of rotatable bonds is 5. The van der Waals surface area contributed by atoms with Crippen molar-refractivity contribution in [3.63, 3.8) is 0 Å². The van der Waals surface area contributed by atoms with Gasteiger partial charge in [-0.3, -0.25) is 25.2 Å². The summed E-state index contributed by atoms with van der Waals surface area (Å²) in [4.78, 5) is 36.9. The topological polar surface area (TPSA) is 87.3 Å². The monoisotopic (exact) mass is 441 g/mol. The van der Waals surface area contributed by atoms with Gasteiger partial charge in [-0.25, -0.2) is 0 Å². The second kappa shape index (κ2) is 10.6. The van der Waals surface area contributed by atoms with E-state index >= 15 is 0 Å². The number of carbonyl (C=O) groups excluding carboxylic acids is 3. The van der Waals surface area contributed by atoms with Crippen LogP contribution in [0.1, 0.15) is 48.0 Å². The minimum Gasteiger partial charge on any atom is -0.326 e. The minimum absolute atomic E-state index is 0.0390. The van der Waals surface area contributed by atoms with E-state index in [0.717, 1.165) is 42.0 Å². The molecule has 1 aliphatic carbocycles. The number of fused-ring (bicyclic) bond motifs is 1. The van der Waals surface area contributed by atoms with E-state index in [-0.39, 0.29) is 11.8 Å². The molecule has 6 heteroatoms. The summed E-state index contributed by atoms with van der Waals surface area (Å²) in [6.45, 7) is 0. The predicted octanol–water partition coefficient (Wildman–Crippen LogP) is 4.83. The predicted molar refractivity (Wildman–Crippen MR) is 130 cm³/mol. The molecule has 0 aliphatic heterocycles. The van der Waals surface area contributed by atoms with Gasteiger partial charge in [0.05, 0.1) is 0 Å². The van der Waals surface area contributed by atoms with Gasteiger partial charge in [-0.1, -0.05) is 61.7 Å². The molecule has 6 nitrogen and oxygen atoms in total. The Morgan fingerprint density at radius 1 is 0.788 bits per heavy atom. The Morgan fingerprint density at radius 3 is 2.30 bits per heavy atom. The van der Waals surface area contributed by atoms with Gasteiger partial charge in [0.2, 0.25) is 5.91 Å². The minimum atomic E-state index is -0.438. The summed E-state index contributed by atoms with van der Waals surface area (Å²) in [5.74, 6) is -0.768. The molecular formula is C27H27N3O3. The molecule has 0 aromatic heterocycles. The zero-order chi connectivity index (χ0) is 23.0. The molecule has 0 heterocycles. The standard InChI is InChI=1S/C27H27N3O3/c31-25(18-15-20-11-6-10-19-7-4-5-12-24(19)20)29-30-27(33)22-13-16-23(17-14-22)28-26(32)21-8-2-1-3-9-21/h4-7,10-18,21H,1-3,8-9H2,(H,28,32)(H,29,31)(H,30,33). The number of benzene rings is 3. The van der Waals surface area contributed by atoms with Crippen molar-refractivity contribution >= 4 is 40.3 Å². The summed E-state index contributed by atoms with van der Waals surface area (Å²) < 4.78 is 0. The SMILES string of the molecule is O=C(C=Cc1cccc2ccccc12)NNC(=O)c1ccc(NC(=O)C2CCCCC2)cc1. The maximum atomic E-state index is 12.4. The molecule has 0 bridgehead atoms. The summed E-state index contributed by atoms with van der Waals surface area (Å²) >= 11 is 0. The average Bonchev–Trinajstić information content (AvgIpc) is 2.87. The molecule has 0 unspecified atom stereocenters. The van der Waals surface area contributed by atoms with Crippen molar-refractivity contribution in [3.05, 3.63) is 83.9 Å². The lowest BCUT2D eigenvalue weighted by Gasteiger charge is -2.20. The quantitative estimate of drug-likeness (QED) is 0.391. The number of amides is 3. The maximum absolute atomic E-state index is 12.4. The molecule has 33 heavy (non-hydrogen) atoms. The molecule has 0 saturated heterocycles. The number of hydrogen-bond donors (Lipinski definition) is 3. The van der Waals surface area contributed by atoms with Crippen LogP contribution in [-0.4, -0.2) is 17.7 Å². The largest absolute Gasteiger partial charge is 0.326 e. The molecule has 4 rings (SSSR count). The van der Waals surface area contributed by atoms with Gasteiger partial charge in [0.25, 0.3) is 11.8 Å². The molecule has 3 aromatic carbocycles. The lowest BCUT2D eigenvalue weighted by Crippen LogP contribution is -2.40. The molecule has 1 fully saturated rings. The van der Waals surface area contributed by atoms with E-state index in [9.17, 15) is 14.4 Å². The summed E-state index contributed by atoms with van der Waals surface area (Å²) in [6.07, 6.45) is 8.35. The van der Waals surface area contributed by atoms with Gasteiger partial charge in [0.1, 0.15) is 0 Å². The van der Waals surface area contributed by atoms with E-state index in [0.29, 0.717) is 11.3 Å². The van der Waals surface area contributed by atoms with Gasteiger partial charge in [-0.2, -0.15) is 0 Å². The first-order valence-electron chi connectivity index (χ1n) is 11.3. The van der Waals surface area contributed by atoms with Crippen LogP contribution in [0.3, 0.4) is 0 Å². The smallest absolute Gasteiger partial charge is 0.269 e. The molecule has 168 valence electrons. The molecule has 1 aliphatic rings. The lowest BCUT2D eigenvalue weighted by molar-refractivity contribution is -0.120. The van der Waals surface area contributed by atoms with E-state index in [1.807, 2.05) is 42.5 Å². The van der Waals surface area contributed by atoms with Crippen molar-refractivity contribution in [1.29, 1.82) is 0 Å². The van der Waals surface area contributed by atoms with Crippen molar-refractivity contribution in [1.82, 2.24) is 10.9 Å². The normalized spacial score (nSPS) is 14.2. The summed E-state index contributed by atoms with van der Waals surface area (Å²) in [6, 6.07) is 20.4. The fourth-order valence-corrected chi connectivity index (χ4v) is 4.11. The fourth-order valence-electron chi connectivity index (χ4n) is 4.11. The first-order chi connectivity index (χ1) is 16.1. The highest BCUT2D eigenvalue weighted by atomic mass is 16.2. The molecule has 0 atom stereocenters. The molecule has 3 amide bonds. The van der Waals surface area contributed by atoms with Gasteiger partial charge in [0, 0.05) is 23.2 Å². The highest BCUT2D eigenvalue weighted by Gasteiger charge is 2.21. The molecule has 3 aromatic rings. The van der Waals surface area contributed by atoms with Crippen molar-refractivity contribution in [2.24, 2.45) is 5.92 Å². The first-order valence-corrected chi connectivity index (χ1v) is 11.3. The number of hydrogen-bond acceptors (Lipinski definition) is 3. The van der Waals surface area contributed by atoms with Gasteiger partial charge >= 0.3 is 0 Å². The molecular weight excluding hydrogens is 414 g/mol. The zero-order valence-electron chi connectivity index (χ0n) is 18.3. The van der Waals surface area contributed by atoms with Crippen molar-refractivity contribution < 1.29 is 14.4 Å². The highest BCUT2D eigenvalue weighted by Crippen LogP contribution is 2.25. The van der Waals surface area contributed by atoms with Gasteiger partial charge < -0.3 is 5.32 Å². The van der Waals surface area contributed by atoms with Gasteiger partial charge in [-0.15, -0.1) is 0 Å². The second-order valence-electron chi connectivity index (χ2n) is 8.25. The number of hydrazine groups is 1. The van der Waals surface area contributed by atoms with E-state index in [4.69, 9.17) is 0 Å². The van der Waals surface area contributed by atoms with Crippen LogP contribution >= 0.6 is 0 Å². The average molecular weight is 442 g/mol. The molecule has 1 saturated carbocycles. The Bertz CT molecular complexity index is 1170.